The van der Waals surface area contributed by atoms with Gasteiger partial charge >= 0.3 is 0 Å². The number of aromatic nitrogens is 3. The zero-order valence-electron chi connectivity index (χ0n) is 14.8. The van der Waals surface area contributed by atoms with Crippen LogP contribution < -0.4 is 4.72 Å². The Balaban J connectivity index is 1.73. The van der Waals surface area contributed by atoms with Gasteiger partial charge in [0.1, 0.15) is 17.9 Å². The summed E-state index contributed by atoms with van der Waals surface area (Å²) in [5.74, 6) is -0.876. The predicted octanol–water partition coefficient (Wildman–Crippen LogP) is 3.90. The van der Waals surface area contributed by atoms with E-state index in [9.17, 15) is 17.9 Å². The van der Waals surface area contributed by atoms with Gasteiger partial charge in [-0.2, -0.15) is 5.10 Å². The summed E-state index contributed by atoms with van der Waals surface area (Å²) in [7, 11) is -3.83. The third-order valence-corrected chi connectivity index (χ3v) is 6.26. The van der Waals surface area contributed by atoms with Crippen molar-refractivity contribution < 1.29 is 17.9 Å². The molecule has 0 spiro atoms. The van der Waals surface area contributed by atoms with E-state index in [4.69, 9.17) is 0 Å². The van der Waals surface area contributed by atoms with Crippen LogP contribution in [0.3, 0.4) is 0 Å². The van der Waals surface area contributed by atoms with E-state index in [1.807, 2.05) is 0 Å². The molecule has 0 saturated heterocycles. The molecule has 0 aliphatic carbocycles. The second-order valence-electron chi connectivity index (χ2n) is 6.20. The molecule has 3 aromatic carbocycles. The normalized spacial score (nSPS) is 11.6. The maximum atomic E-state index is 13.4. The standard InChI is InChI=1S/C19H15FN4O3S2/c20-13-5-3-4-12(8-13)10-29(26,27)24-16-9-17(28-19-21-11-22-23-19)18(25)15-7-2-1-6-14(15)16/h1-9,11,24-25H,10H2,(H,21,22,23). The van der Waals surface area contributed by atoms with Crippen LogP contribution in [0.25, 0.3) is 10.8 Å². The second-order valence-corrected chi connectivity index (χ2v) is 8.95. The number of fused-ring (bicyclic) bond motifs is 1. The molecule has 0 aliphatic heterocycles. The van der Waals surface area contributed by atoms with Gasteiger partial charge < -0.3 is 5.11 Å². The number of aromatic hydroxyl groups is 1. The number of nitrogens with one attached hydrogen (secondary N) is 2. The first-order valence-electron chi connectivity index (χ1n) is 8.44. The number of benzene rings is 3. The number of phenols is 1. The minimum absolute atomic E-state index is 0.00933. The van der Waals surface area contributed by atoms with Crippen LogP contribution in [0, 0.1) is 5.82 Å². The number of hydrogen-bond donors (Lipinski definition) is 3. The summed E-state index contributed by atoms with van der Waals surface area (Å²) in [6, 6.07) is 13.9. The summed E-state index contributed by atoms with van der Waals surface area (Å²) in [5.41, 5.74) is 0.633. The highest BCUT2D eigenvalue weighted by Crippen LogP contribution is 2.41. The van der Waals surface area contributed by atoms with Crippen molar-refractivity contribution in [1.82, 2.24) is 15.2 Å². The number of H-pyrrole nitrogens is 1. The van der Waals surface area contributed by atoms with Crippen LogP contribution in [0.4, 0.5) is 10.1 Å². The molecule has 0 unspecified atom stereocenters. The summed E-state index contributed by atoms with van der Waals surface area (Å²) in [5, 5.41) is 18.6. The highest BCUT2D eigenvalue weighted by molar-refractivity contribution is 7.99. The fourth-order valence-electron chi connectivity index (χ4n) is 2.89. The molecule has 29 heavy (non-hydrogen) atoms. The molecule has 3 N–H and O–H groups in total. The van der Waals surface area contributed by atoms with Crippen LogP contribution in [0.15, 0.2) is 71.0 Å². The number of anilines is 1. The fraction of sp³-hybridized carbons (Fsp3) is 0.0526. The zero-order chi connectivity index (χ0) is 20.4. The summed E-state index contributed by atoms with van der Waals surface area (Å²) in [4.78, 5) is 4.42. The number of nitrogens with zero attached hydrogens (tertiary/aromatic N) is 2. The zero-order valence-corrected chi connectivity index (χ0v) is 16.5. The van der Waals surface area contributed by atoms with Gasteiger partial charge in [0.05, 0.1) is 16.3 Å². The van der Waals surface area contributed by atoms with Crippen LogP contribution in [0.1, 0.15) is 5.56 Å². The Morgan fingerprint density at radius 1 is 1.10 bits per heavy atom. The Bertz CT molecular complexity index is 1280. The minimum Gasteiger partial charge on any atom is -0.506 e. The highest BCUT2D eigenvalue weighted by atomic mass is 32.2. The first-order chi connectivity index (χ1) is 13.9. The van der Waals surface area contributed by atoms with Gasteiger partial charge in [-0.25, -0.2) is 17.8 Å². The molecule has 0 bridgehead atoms. The first kappa shape index (κ1) is 19.2. The fourth-order valence-corrected chi connectivity index (χ4v) is 4.88. The molecule has 148 valence electrons. The van der Waals surface area contributed by atoms with E-state index in [2.05, 4.69) is 19.9 Å². The number of rotatable bonds is 6. The molecular weight excluding hydrogens is 415 g/mol. The smallest absolute Gasteiger partial charge is 0.236 e. The van der Waals surface area contributed by atoms with Gasteiger partial charge in [0.15, 0.2) is 5.16 Å². The predicted molar refractivity (Wildman–Crippen MR) is 109 cm³/mol. The maximum absolute atomic E-state index is 13.4. The Labute approximate surface area is 170 Å². The molecule has 10 heteroatoms. The van der Waals surface area contributed by atoms with Gasteiger partial charge in [0.2, 0.25) is 10.0 Å². The Kier molecular flexibility index (Phi) is 5.12. The van der Waals surface area contributed by atoms with Crippen molar-refractivity contribution in [3.05, 3.63) is 72.3 Å². The van der Waals surface area contributed by atoms with Gasteiger partial charge in [-0.15, -0.1) is 0 Å². The molecule has 0 fully saturated rings. The Morgan fingerprint density at radius 3 is 2.62 bits per heavy atom. The van der Waals surface area contributed by atoms with E-state index in [1.54, 1.807) is 30.3 Å². The summed E-state index contributed by atoms with van der Waals surface area (Å²) < 4.78 is 41.4. The Hall–Kier alpha value is -3.11. The minimum atomic E-state index is -3.83. The SMILES string of the molecule is O=S(=O)(Cc1cccc(F)c1)Nc1cc(Sc2ncn[nH]2)c(O)c2ccccc12. The molecule has 4 rings (SSSR count). The number of sulfonamides is 1. The van der Waals surface area contributed by atoms with Crippen LogP contribution in [0.2, 0.25) is 0 Å². The monoisotopic (exact) mass is 430 g/mol. The highest BCUT2D eigenvalue weighted by Gasteiger charge is 2.18. The van der Waals surface area contributed by atoms with Crippen molar-refractivity contribution in [3.63, 3.8) is 0 Å². The lowest BCUT2D eigenvalue weighted by Crippen LogP contribution is -2.15. The van der Waals surface area contributed by atoms with Crippen LogP contribution >= 0.6 is 11.8 Å². The largest absolute Gasteiger partial charge is 0.506 e. The lowest BCUT2D eigenvalue weighted by atomic mass is 10.1. The maximum Gasteiger partial charge on any atom is 0.236 e. The molecule has 0 aliphatic rings. The summed E-state index contributed by atoms with van der Waals surface area (Å²) in [6.45, 7) is 0. The number of phenolic OH excluding ortho intramolecular Hbond substituents is 1. The van der Waals surface area contributed by atoms with Crippen molar-refractivity contribution >= 4 is 38.2 Å². The number of aromatic amines is 1. The topological polar surface area (TPSA) is 108 Å². The van der Waals surface area contributed by atoms with E-state index >= 15 is 0 Å². The van der Waals surface area contributed by atoms with Crippen molar-refractivity contribution in [2.24, 2.45) is 0 Å². The quantitative estimate of drug-likeness (QED) is 0.401. The molecule has 1 aromatic heterocycles. The van der Waals surface area contributed by atoms with Crippen LogP contribution in [-0.2, 0) is 15.8 Å². The number of halogens is 1. The van der Waals surface area contributed by atoms with Crippen molar-refractivity contribution in [2.75, 3.05) is 4.72 Å². The molecule has 1 heterocycles. The van der Waals surface area contributed by atoms with E-state index in [-0.39, 0.29) is 11.5 Å². The summed E-state index contributed by atoms with van der Waals surface area (Å²) in [6.07, 6.45) is 1.34. The Morgan fingerprint density at radius 2 is 1.90 bits per heavy atom. The third kappa shape index (κ3) is 4.33. The average Bonchev–Trinajstić information content (AvgIpc) is 3.18. The third-order valence-electron chi connectivity index (χ3n) is 4.09. The molecular formula is C19H15FN4O3S2. The van der Waals surface area contributed by atoms with Crippen LogP contribution in [0.5, 0.6) is 5.75 Å². The van der Waals surface area contributed by atoms with Gasteiger partial charge in [0, 0.05) is 10.8 Å². The van der Waals surface area contributed by atoms with Crippen molar-refractivity contribution in [1.29, 1.82) is 0 Å². The molecule has 0 saturated carbocycles. The van der Waals surface area contributed by atoms with E-state index in [0.717, 1.165) is 11.8 Å². The second kappa shape index (κ2) is 7.72. The van der Waals surface area contributed by atoms with Gasteiger partial charge in [0.25, 0.3) is 0 Å². The van der Waals surface area contributed by atoms with Crippen molar-refractivity contribution in [3.8, 4) is 5.75 Å². The lowest BCUT2D eigenvalue weighted by Gasteiger charge is -2.14. The van der Waals surface area contributed by atoms with Gasteiger partial charge in [-0.1, -0.05) is 36.4 Å². The van der Waals surface area contributed by atoms with Gasteiger partial charge in [-0.05, 0) is 35.5 Å². The lowest BCUT2D eigenvalue weighted by molar-refractivity contribution is 0.469. The van der Waals surface area contributed by atoms with E-state index in [0.29, 0.717) is 32.1 Å². The van der Waals surface area contributed by atoms with Crippen molar-refractivity contribution in [2.45, 2.75) is 15.8 Å². The van der Waals surface area contributed by atoms with Crippen LogP contribution in [-0.4, -0.2) is 28.7 Å². The number of hydrogen-bond acceptors (Lipinski definition) is 6. The molecule has 0 amide bonds. The average molecular weight is 430 g/mol. The molecule has 4 aromatic rings. The van der Waals surface area contributed by atoms with Gasteiger partial charge in [-0.3, -0.25) is 9.82 Å². The summed E-state index contributed by atoms with van der Waals surface area (Å²) >= 11 is 1.12. The molecule has 7 nitrogen and oxygen atoms in total. The van der Waals surface area contributed by atoms with E-state index in [1.165, 1.54) is 30.6 Å². The molecule has 0 radical (unpaired) electrons. The van der Waals surface area contributed by atoms with E-state index < -0.39 is 15.8 Å². The molecule has 0 atom stereocenters. The first-order valence-corrected chi connectivity index (χ1v) is 10.9.